The van der Waals surface area contributed by atoms with E-state index in [0.29, 0.717) is 19.1 Å². The van der Waals surface area contributed by atoms with Crippen molar-refractivity contribution in [2.24, 2.45) is 0 Å². The second-order valence-electron chi connectivity index (χ2n) is 4.32. The van der Waals surface area contributed by atoms with Crippen LogP contribution in [0.3, 0.4) is 0 Å². The zero-order valence-corrected chi connectivity index (χ0v) is 10.0. The minimum atomic E-state index is -0.0583. The molecule has 1 rings (SSSR count). The molecule has 1 fully saturated rings. The van der Waals surface area contributed by atoms with Crippen LogP contribution in [-0.4, -0.2) is 54.0 Å². The van der Waals surface area contributed by atoms with Gasteiger partial charge in [-0.1, -0.05) is 6.58 Å². The molecule has 0 aromatic heterocycles. The number of hydrogen-bond acceptors (Lipinski definition) is 2. The Morgan fingerprint density at radius 3 is 2.81 bits per heavy atom. The molecule has 1 heterocycles. The Morgan fingerprint density at radius 2 is 2.31 bits per heavy atom. The second kappa shape index (κ2) is 5.66. The van der Waals surface area contributed by atoms with Crippen LogP contribution in [0.5, 0.6) is 0 Å². The third-order valence-corrected chi connectivity index (χ3v) is 3.00. The van der Waals surface area contributed by atoms with Gasteiger partial charge in [-0.3, -0.25) is 9.69 Å². The van der Waals surface area contributed by atoms with Crippen LogP contribution < -0.4 is 0 Å². The number of carbonyl (C=O) groups is 1. The normalized spacial score (nSPS) is 21.9. The molecular weight excluding hydrogens is 202 g/mol. The molecule has 4 heteroatoms. The van der Waals surface area contributed by atoms with Crippen LogP contribution in [0.1, 0.15) is 13.8 Å². The topological polar surface area (TPSA) is 27.9 Å². The molecule has 0 spiro atoms. The first kappa shape index (κ1) is 12.7. The molecule has 0 aromatic carbocycles. The van der Waals surface area contributed by atoms with Crippen LogP contribution >= 0.6 is 0 Å². The van der Waals surface area contributed by atoms with E-state index in [1.165, 1.54) is 6.08 Å². The highest BCUT2D eigenvalue weighted by atomic mass is 16.2. The summed E-state index contributed by atoms with van der Waals surface area (Å²) in [5.41, 5.74) is 0. The van der Waals surface area contributed by atoms with Crippen molar-refractivity contribution in [1.82, 2.24) is 9.80 Å². The van der Waals surface area contributed by atoms with Gasteiger partial charge >= 0.3 is 0 Å². The zero-order chi connectivity index (χ0) is 12.1. The monoisotopic (exact) mass is 221 g/mol. The van der Waals surface area contributed by atoms with E-state index in [-0.39, 0.29) is 11.9 Å². The number of piperazine rings is 1. The number of nitrogens with zero attached hydrogens (tertiary/aromatic N) is 3. The van der Waals surface area contributed by atoms with E-state index in [4.69, 9.17) is 6.57 Å². The Morgan fingerprint density at radius 1 is 1.62 bits per heavy atom. The lowest BCUT2D eigenvalue weighted by molar-refractivity contribution is -0.130. The molecule has 4 nitrogen and oxygen atoms in total. The van der Waals surface area contributed by atoms with E-state index in [1.54, 1.807) is 4.90 Å². The minimum Gasteiger partial charge on any atom is -0.326 e. The molecular formula is C12H19N3O. The van der Waals surface area contributed by atoms with Gasteiger partial charge in [-0.15, -0.1) is 0 Å². The average Bonchev–Trinajstić information content (AvgIpc) is 2.28. The van der Waals surface area contributed by atoms with E-state index in [2.05, 4.69) is 30.2 Å². The summed E-state index contributed by atoms with van der Waals surface area (Å²) in [4.78, 5) is 19.1. The van der Waals surface area contributed by atoms with Crippen LogP contribution in [-0.2, 0) is 4.79 Å². The van der Waals surface area contributed by atoms with Gasteiger partial charge in [-0.05, 0) is 19.9 Å². The van der Waals surface area contributed by atoms with E-state index in [9.17, 15) is 4.79 Å². The quantitative estimate of drug-likeness (QED) is 0.525. The molecule has 1 amide bonds. The highest BCUT2D eigenvalue weighted by molar-refractivity contribution is 5.87. The van der Waals surface area contributed by atoms with Crippen LogP contribution in [0.2, 0.25) is 0 Å². The highest BCUT2D eigenvalue weighted by Gasteiger charge is 2.31. The van der Waals surface area contributed by atoms with Gasteiger partial charge in [0.25, 0.3) is 0 Å². The van der Waals surface area contributed by atoms with Crippen molar-refractivity contribution < 1.29 is 4.79 Å². The maximum absolute atomic E-state index is 11.6. The van der Waals surface area contributed by atoms with Crippen LogP contribution in [0.15, 0.2) is 12.7 Å². The lowest BCUT2D eigenvalue weighted by Crippen LogP contribution is -2.57. The molecule has 0 saturated carbocycles. The highest BCUT2D eigenvalue weighted by Crippen LogP contribution is 2.13. The minimum absolute atomic E-state index is 0.0131. The zero-order valence-electron chi connectivity index (χ0n) is 10.0. The smallest absolute Gasteiger partial charge is 0.246 e. The molecule has 0 aliphatic carbocycles. The third kappa shape index (κ3) is 2.83. The van der Waals surface area contributed by atoms with Gasteiger partial charge in [-0.25, -0.2) is 6.57 Å². The maximum Gasteiger partial charge on any atom is 0.246 e. The summed E-state index contributed by atoms with van der Waals surface area (Å²) < 4.78 is 0. The van der Waals surface area contributed by atoms with Crippen molar-refractivity contribution in [1.29, 1.82) is 0 Å². The Labute approximate surface area is 97.3 Å². The fraction of sp³-hybridized carbons (Fsp3) is 0.667. The summed E-state index contributed by atoms with van der Waals surface area (Å²) in [6, 6.07) is 0.480. The SMILES string of the molecule is [C-]#[N+]C[C@@H]1CN(C(C)C)CCN1C(=O)C=C. The van der Waals surface area contributed by atoms with Gasteiger partial charge in [0.15, 0.2) is 0 Å². The van der Waals surface area contributed by atoms with E-state index in [1.807, 2.05) is 0 Å². The van der Waals surface area contributed by atoms with Crippen molar-refractivity contribution in [2.45, 2.75) is 25.9 Å². The standard InChI is InChI=1S/C12H19N3O/c1-5-12(16)15-7-6-14(10(2)3)9-11(15)8-13-4/h5,10-11H,1,6-9H2,2-3H3/t11-/m1/s1. The van der Waals surface area contributed by atoms with Crippen molar-refractivity contribution in [3.8, 4) is 0 Å². The predicted octanol–water partition coefficient (Wildman–Crippen LogP) is 1.01. The lowest BCUT2D eigenvalue weighted by Gasteiger charge is -2.40. The molecule has 0 unspecified atom stereocenters. The van der Waals surface area contributed by atoms with Gasteiger partial charge in [0.2, 0.25) is 12.5 Å². The fourth-order valence-corrected chi connectivity index (χ4v) is 2.02. The molecule has 0 N–H and O–H groups in total. The summed E-state index contributed by atoms with van der Waals surface area (Å²) >= 11 is 0. The van der Waals surface area contributed by atoms with Crippen molar-refractivity contribution in [2.75, 3.05) is 26.2 Å². The predicted molar refractivity (Wildman–Crippen MR) is 63.9 cm³/mol. The van der Waals surface area contributed by atoms with Crippen molar-refractivity contribution in [3.05, 3.63) is 24.1 Å². The molecule has 1 aliphatic heterocycles. The van der Waals surface area contributed by atoms with Gasteiger partial charge < -0.3 is 9.74 Å². The summed E-state index contributed by atoms with van der Waals surface area (Å²) in [6.07, 6.45) is 1.34. The number of rotatable bonds is 3. The molecule has 88 valence electrons. The summed E-state index contributed by atoms with van der Waals surface area (Å²) in [6.45, 7) is 17.5. The Hall–Kier alpha value is -1.34. The van der Waals surface area contributed by atoms with Crippen molar-refractivity contribution in [3.63, 3.8) is 0 Å². The van der Waals surface area contributed by atoms with E-state index < -0.39 is 0 Å². The molecule has 1 atom stereocenters. The Kier molecular flexibility index (Phi) is 4.51. The first-order chi connectivity index (χ1) is 7.60. The third-order valence-electron chi connectivity index (χ3n) is 3.00. The Balaban J connectivity index is 2.71. The molecule has 0 radical (unpaired) electrons. The maximum atomic E-state index is 11.6. The summed E-state index contributed by atoms with van der Waals surface area (Å²) in [5.74, 6) is -0.0583. The van der Waals surface area contributed by atoms with Crippen LogP contribution in [0.4, 0.5) is 0 Å². The number of amides is 1. The second-order valence-corrected chi connectivity index (χ2v) is 4.32. The van der Waals surface area contributed by atoms with Gasteiger partial charge in [0, 0.05) is 25.7 Å². The fourth-order valence-electron chi connectivity index (χ4n) is 2.02. The lowest BCUT2D eigenvalue weighted by atomic mass is 10.1. The largest absolute Gasteiger partial charge is 0.326 e. The van der Waals surface area contributed by atoms with E-state index in [0.717, 1.165) is 13.1 Å². The molecule has 0 bridgehead atoms. The molecule has 16 heavy (non-hydrogen) atoms. The van der Waals surface area contributed by atoms with Gasteiger partial charge in [0.05, 0.1) is 0 Å². The van der Waals surface area contributed by atoms with E-state index >= 15 is 0 Å². The van der Waals surface area contributed by atoms with Crippen LogP contribution in [0.25, 0.3) is 4.85 Å². The summed E-state index contributed by atoms with van der Waals surface area (Å²) in [5, 5.41) is 0. The Bertz CT molecular complexity index is 306. The molecule has 1 saturated heterocycles. The first-order valence-corrected chi connectivity index (χ1v) is 5.60. The van der Waals surface area contributed by atoms with Gasteiger partial charge in [0.1, 0.15) is 6.04 Å². The molecule has 0 aromatic rings. The number of hydrogen-bond donors (Lipinski definition) is 0. The van der Waals surface area contributed by atoms with Gasteiger partial charge in [-0.2, -0.15) is 0 Å². The summed E-state index contributed by atoms with van der Waals surface area (Å²) in [7, 11) is 0. The van der Waals surface area contributed by atoms with Crippen LogP contribution in [0, 0.1) is 6.57 Å². The molecule has 1 aliphatic rings. The van der Waals surface area contributed by atoms with Crippen molar-refractivity contribution >= 4 is 5.91 Å². The first-order valence-electron chi connectivity index (χ1n) is 5.60. The average molecular weight is 221 g/mol. The number of carbonyl (C=O) groups excluding carboxylic acids is 1.